The van der Waals surface area contributed by atoms with Gasteiger partial charge in [0, 0.05) is 44.2 Å². The smallest absolute Gasteiger partial charge is 0.145 e. The zero-order valence-corrected chi connectivity index (χ0v) is 29.9. The first-order chi connectivity index (χ1) is 27.7. The van der Waals surface area contributed by atoms with Gasteiger partial charge in [-0.05, 0) is 78.4 Å². The van der Waals surface area contributed by atoms with Crippen molar-refractivity contribution < 1.29 is 4.42 Å². The quantitative estimate of drug-likeness (QED) is 0.184. The maximum Gasteiger partial charge on any atom is 0.145 e. The molecular weight excluding hydrogens is 687 g/mol. The lowest BCUT2D eigenvalue weighted by Crippen LogP contribution is -2.06. The highest BCUT2D eigenvalue weighted by Gasteiger charge is 2.25. The molecular formula is C50H29N5O. The van der Waals surface area contributed by atoms with Crippen LogP contribution in [0.1, 0.15) is 11.1 Å². The highest BCUT2D eigenvalue weighted by atomic mass is 16.3. The third kappa shape index (κ3) is 3.95. The molecule has 0 unspecified atom stereocenters. The van der Waals surface area contributed by atoms with Crippen LogP contribution in [0.4, 0.5) is 0 Å². The van der Waals surface area contributed by atoms with Gasteiger partial charge >= 0.3 is 0 Å². The van der Waals surface area contributed by atoms with Crippen molar-refractivity contribution in [3.63, 3.8) is 0 Å². The molecule has 1 N–H and O–H groups in total. The van der Waals surface area contributed by atoms with Crippen LogP contribution in [0.3, 0.4) is 0 Å². The molecule has 0 aliphatic heterocycles. The summed E-state index contributed by atoms with van der Waals surface area (Å²) in [5.41, 5.74) is 11.5. The van der Waals surface area contributed by atoms with Crippen molar-refractivity contribution in [1.82, 2.24) is 13.7 Å². The second-order valence-electron chi connectivity index (χ2n) is 14.4. The van der Waals surface area contributed by atoms with Crippen LogP contribution in [0.25, 0.3) is 104 Å². The lowest BCUT2D eigenvalue weighted by atomic mass is 10.1. The van der Waals surface area contributed by atoms with Gasteiger partial charge in [-0.25, -0.2) is 0 Å². The predicted octanol–water partition coefficient (Wildman–Crippen LogP) is 12.7. The number of nitrogens with zero attached hydrogens (tertiary/aromatic N) is 4. The Bertz CT molecular complexity index is 3630. The molecule has 0 radical (unpaired) electrons. The van der Waals surface area contributed by atoms with Gasteiger partial charge in [-0.2, -0.15) is 5.26 Å². The average molecular weight is 716 g/mol. The number of rotatable bonds is 4. The van der Waals surface area contributed by atoms with Crippen molar-refractivity contribution in [2.24, 2.45) is 0 Å². The number of furan rings is 1. The monoisotopic (exact) mass is 715 g/mol. The van der Waals surface area contributed by atoms with E-state index in [4.69, 9.17) is 9.83 Å². The molecule has 0 amide bonds. The van der Waals surface area contributed by atoms with E-state index in [9.17, 15) is 5.26 Å². The summed E-state index contributed by atoms with van der Waals surface area (Å²) in [6.45, 7) is 0. The minimum absolute atomic E-state index is 0.518. The third-order valence-corrected chi connectivity index (χ3v) is 11.5. The standard InChI is InChI=1S/C50H29N5O/c51-28-30-26-45(54-39-18-8-4-14-32(39)33-15-5-9-19-40(33)54)38(29-52)46(27-30)55-42-21-11-7-17-37(42)48-44(55)25-23-35-34-22-24-43-47(49(34)56-50(35)48)36-16-6-10-20-41(36)53(43)31-12-2-1-3-13-31/h1-28,51H. The lowest BCUT2D eigenvalue weighted by molar-refractivity contribution is 0.677. The molecule has 0 atom stereocenters. The Morgan fingerprint density at radius 3 is 1.39 bits per heavy atom. The van der Waals surface area contributed by atoms with Crippen LogP contribution in [0.2, 0.25) is 0 Å². The minimum Gasteiger partial charge on any atom is -0.455 e. The molecule has 6 heteroatoms. The minimum atomic E-state index is 0.518. The number of fused-ring (bicyclic) bond motifs is 14. The van der Waals surface area contributed by atoms with Crippen molar-refractivity contribution in [2.75, 3.05) is 0 Å². The number of hydrogen-bond donors (Lipinski definition) is 1. The van der Waals surface area contributed by atoms with E-state index < -0.39 is 0 Å². The van der Waals surface area contributed by atoms with Gasteiger partial charge in [-0.1, -0.05) is 91.0 Å². The van der Waals surface area contributed by atoms with Crippen LogP contribution in [0, 0.1) is 16.7 Å². The average Bonchev–Trinajstić information content (AvgIpc) is 3.99. The van der Waals surface area contributed by atoms with Crippen LogP contribution >= 0.6 is 0 Å². The molecule has 56 heavy (non-hydrogen) atoms. The van der Waals surface area contributed by atoms with Gasteiger partial charge in [-0.3, -0.25) is 0 Å². The van der Waals surface area contributed by atoms with E-state index in [-0.39, 0.29) is 0 Å². The molecule has 4 aromatic heterocycles. The summed E-state index contributed by atoms with van der Waals surface area (Å²) in [6, 6.07) is 59.2. The predicted molar refractivity (Wildman–Crippen MR) is 229 cm³/mol. The number of para-hydroxylation sites is 5. The Kier molecular flexibility index (Phi) is 6.18. The molecule has 0 aliphatic carbocycles. The van der Waals surface area contributed by atoms with E-state index in [2.05, 4.69) is 135 Å². The lowest BCUT2D eigenvalue weighted by Gasteiger charge is -2.17. The SMILES string of the molecule is N#Cc1c(-n2c3ccccc3c3ccccc32)cc(C=N)cc1-n1c2ccccc2c2c3oc4c(ccc5c4c4ccccc4n5-c4ccccc4)c3ccc21. The fourth-order valence-electron chi connectivity index (χ4n) is 9.28. The molecule has 0 aliphatic rings. The second kappa shape index (κ2) is 11.3. The van der Waals surface area contributed by atoms with E-state index in [1.165, 1.54) is 6.21 Å². The Labute approximate surface area is 319 Å². The second-order valence-corrected chi connectivity index (χ2v) is 14.4. The van der Waals surface area contributed by atoms with Crippen LogP contribution in [-0.4, -0.2) is 19.9 Å². The van der Waals surface area contributed by atoms with Crippen molar-refractivity contribution in [1.29, 1.82) is 10.7 Å². The van der Waals surface area contributed by atoms with Crippen molar-refractivity contribution in [2.45, 2.75) is 0 Å². The summed E-state index contributed by atoms with van der Waals surface area (Å²) in [5, 5.41) is 28.1. The fourth-order valence-corrected chi connectivity index (χ4v) is 9.28. The third-order valence-electron chi connectivity index (χ3n) is 11.5. The molecule has 12 rings (SSSR count). The molecule has 8 aromatic carbocycles. The van der Waals surface area contributed by atoms with Crippen molar-refractivity contribution >= 4 is 93.6 Å². The molecule has 6 nitrogen and oxygen atoms in total. The topological polar surface area (TPSA) is 75.6 Å². The fraction of sp³-hybridized carbons (Fsp3) is 0. The number of nitriles is 1. The first kappa shape index (κ1) is 30.6. The Morgan fingerprint density at radius 2 is 0.875 bits per heavy atom. The van der Waals surface area contributed by atoms with Gasteiger partial charge in [0.2, 0.25) is 0 Å². The van der Waals surface area contributed by atoms with Crippen molar-refractivity contribution in [3.05, 3.63) is 175 Å². The first-order valence-corrected chi connectivity index (χ1v) is 18.7. The Hall–Kier alpha value is -7.88. The van der Waals surface area contributed by atoms with Crippen molar-refractivity contribution in [3.8, 4) is 23.1 Å². The molecule has 0 bridgehead atoms. The van der Waals surface area contributed by atoms with Crippen LogP contribution in [0.15, 0.2) is 168 Å². The summed E-state index contributed by atoms with van der Waals surface area (Å²) >= 11 is 0. The number of aromatic nitrogens is 3. The van der Waals surface area contributed by atoms with Gasteiger partial charge in [-0.15, -0.1) is 0 Å². The molecule has 0 saturated heterocycles. The summed E-state index contributed by atoms with van der Waals surface area (Å²) in [5.74, 6) is 0. The van der Waals surface area contributed by atoms with Crippen LogP contribution < -0.4 is 0 Å². The molecule has 0 saturated carbocycles. The number of benzene rings is 8. The van der Waals surface area contributed by atoms with Gasteiger partial charge in [0.1, 0.15) is 22.8 Å². The molecule has 0 spiro atoms. The maximum absolute atomic E-state index is 11.1. The van der Waals surface area contributed by atoms with E-state index >= 15 is 0 Å². The molecule has 0 fully saturated rings. The summed E-state index contributed by atoms with van der Waals surface area (Å²) in [4.78, 5) is 0. The molecule has 260 valence electrons. The zero-order chi connectivity index (χ0) is 37.1. The Morgan fingerprint density at radius 1 is 0.446 bits per heavy atom. The van der Waals surface area contributed by atoms with Crippen LogP contribution in [-0.2, 0) is 0 Å². The van der Waals surface area contributed by atoms with Gasteiger partial charge < -0.3 is 23.5 Å². The zero-order valence-electron chi connectivity index (χ0n) is 29.9. The highest BCUT2D eigenvalue weighted by Crippen LogP contribution is 2.45. The van der Waals surface area contributed by atoms with E-state index in [0.717, 1.165) is 98.7 Å². The molecule has 4 heterocycles. The number of nitrogens with one attached hydrogen (secondary N) is 1. The molecule has 12 aromatic rings. The van der Waals surface area contributed by atoms with E-state index in [0.29, 0.717) is 16.8 Å². The highest BCUT2D eigenvalue weighted by molar-refractivity contribution is 6.29. The Balaban J connectivity index is 1.19. The summed E-state index contributed by atoms with van der Waals surface area (Å²) in [7, 11) is 0. The van der Waals surface area contributed by atoms with Gasteiger partial charge in [0.05, 0.1) is 55.2 Å². The normalized spacial score (nSPS) is 12.0. The summed E-state index contributed by atoms with van der Waals surface area (Å²) < 4.78 is 13.8. The van der Waals surface area contributed by atoms with E-state index in [1.807, 2.05) is 48.5 Å². The number of hydrogen-bond acceptors (Lipinski definition) is 3. The largest absolute Gasteiger partial charge is 0.455 e. The maximum atomic E-state index is 11.1. The van der Waals surface area contributed by atoms with Gasteiger partial charge in [0.15, 0.2) is 0 Å². The van der Waals surface area contributed by atoms with Gasteiger partial charge in [0.25, 0.3) is 0 Å². The van der Waals surface area contributed by atoms with Crippen LogP contribution in [0.5, 0.6) is 0 Å². The van der Waals surface area contributed by atoms with E-state index in [1.54, 1.807) is 0 Å². The first-order valence-electron chi connectivity index (χ1n) is 18.7. The summed E-state index contributed by atoms with van der Waals surface area (Å²) in [6.07, 6.45) is 1.37.